The van der Waals surface area contributed by atoms with Gasteiger partial charge in [0.05, 0.1) is 14.2 Å². The first-order valence-electron chi connectivity index (χ1n) is 7.88. The van der Waals surface area contributed by atoms with Gasteiger partial charge < -0.3 is 19.5 Å². The van der Waals surface area contributed by atoms with Crippen LogP contribution in [0.3, 0.4) is 0 Å². The number of carbonyl (C=O) groups excluding carboxylic acids is 1. The summed E-state index contributed by atoms with van der Waals surface area (Å²) in [5, 5.41) is 8.97. The molecule has 1 aromatic carbocycles. The molecule has 1 fully saturated rings. The lowest BCUT2D eigenvalue weighted by atomic mass is 9.88. The maximum absolute atomic E-state index is 12.6. The van der Waals surface area contributed by atoms with E-state index in [1.165, 1.54) is 12.0 Å². The van der Waals surface area contributed by atoms with Gasteiger partial charge in [0.15, 0.2) is 17.3 Å². The second-order valence-electron chi connectivity index (χ2n) is 5.92. The van der Waals surface area contributed by atoms with Crippen LogP contribution in [-0.2, 0) is 0 Å². The predicted octanol–water partition coefficient (Wildman–Crippen LogP) is 3.22. The molecule has 0 saturated carbocycles. The van der Waals surface area contributed by atoms with Crippen LogP contribution in [0.2, 0.25) is 0 Å². The SMILES string of the molecule is C=C(CC1CCN(C(=O)O)CC1)C(=O)c1ccc(OC)c(OC)c1. The van der Waals surface area contributed by atoms with Gasteiger partial charge in [-0.15, -0.1) is 0 Å². The molecule has 0 atom stereocenters. The summed E-state index contributed by atoms with van der Waals surface area (Å²) in [6.07, 6.45) is 1.21. The Balaban J connectivity index is 1.98. The number of ketones is 1. The van der Waals surface area contributed by atoms with E-state index in [9.17, 15) is 9.59 Å². The molecule has 1 aromatic rings. The van der Waals surface area contributed by atoms with E-state index in [2.05, 4.69) is 6.58 Å². The minimum absolute atomic E-state index is 0.114. The summed E-state index contributed by atoms with van der Waals surface area (Å²) in [4.78, 5) is 24.9. The fraction of sp³-hybridized carbons (Fsp3) is 0.444. The van der Waals surface area contributed by atoms with Crippen LogP contribution in [0, 0.1) is 5.92 Å². The molecule has 0 aromatic heterocycles. The normalized spacial score (nSPS) is 15.0. The number of Topliss-reactive ketones (excluding diaryl/α,β-unsaturated/α-hetero) is 1. The highest BCUT2D eigenvalue weighted by Crippen LogP contribution is 2.30. The minimum atomic E-state index is -0.881. The van der Waals surface area contributed by atoms with Gasteiger partial charge in [-0.1, -0.05) is 6.58 Å². The minimum Gasteiger partial charge on any atom is -0.493 e. The number of benzene rings is 1. The Labute approximate surface area is 141 Å². The highest BCUT2D eigenvalue weighted by Gasteiger charge is 2.24. The van der Waals surface area contributed by atoms with E-state index >= 15 is 0 Å². The number of methoxy groups -OCH3 is 2. The lowest BCUT2D eigenvalue weighted by Crippen LogP contribution is -2.37. The van der Waals surface area contributed by atoms with Crippen molar-refractivity contribution in [2.45, 2.75) is 19.3 Å². The Morgan fingerprint density at radius 3 is 2.38 bits per heavy atom. The molecule has 0 spiro atoms. The zero-order chi connectivity index (χ0) is 17.7. The monoisotopic (exact) mass is 333 g/mol. The van der Waals surface area contributed by atoms with Crippen molar-refractivity contribution in [2.75, 3.05) is 27.3 Å². The van der Waals surface area contributed by atoms with Gasteiger partial charge in [0.25, 0.3) is 0 Å². The second kappa shape index (κ2) is 7.86. The summed E-state index contributed by atoms with van der Waals surface area (Å²) < 4.78 is 10.4. The fourth-order valence-corrected chi connectivity index (χ4v) is 2.95. The topological polar surface area (TPSA) is 76.1 Å². The standard InChI is InChI=1S/C18H23NO5/c1-12(10-13-6-8-19(9-7-13)18(21)22)17(20)14-4-5-15(23-2)16(11-14)24-3/h4-5,11,13H,1,6-10H2,2-3H3,(H,21,22). The Morgan fingerprint density at radius 2 is 1.83 bits per heavy atom. The number of rotatable bonds is 6. The zero-order valence-corrected chi connectivity index (χ0v) is 14.1. The van der Waals surface area contributed by atoms with Gasteiger partial charge in [-0.3, -0.25) is 4.79 Å². The second-order valence-corrected chi connectivity index (χ2v) is 5.92. The maximum atomic E-state index is 12.6. The van der Waals surface area contributed by atoms with Gasteiger partial charge in [0.2, 0.25) is 0 Å². The number of carbonyl (C=O) groups is 2. The van der Waals surface area contributed by atoms with Gasteiger partial charge in [0.1, 0.15) is 0 Å². The molecule has 130 valence electrons. The molecular weight excluding hydrogens is 310 g/mol. The van der Waals surface area contributed by atoms with E-state index in [1.54, 1.807) is 25.3 Å². The quantitative estimate of drug-likeness (QED) is 0.639. The third-order valence-electron chi connectivity index (χ3n) is 4.39. The summed E-state index contributed by atoms with van der Waals surface area (Å²) in [6, 6.07) is 5.05. The lowest BCUT2D eigenvalue weighted by Gasteiger charge is -2.30. The van der Waals surface area contributed by atoms with E-state index in [0.29, 0.717) is 42.1 Å². The summed E-state index contributed by atoms with van der Waals surface area (Å²) >= 11 is 0. The molecule has 6 nitrogen and oxygen atoms in total. The largest absolute Gasteiger partial charge is 0.493 e. The van der Waals surface area contributed by atoms with Crippen molar-refractivity contribution in [3.63, 3.8) is 0 Å². The van der Waals surface area contributed by atoms with Gasteiger partial charge in [0, 0.05) is 18.7 Å². The Hall–Kier alpha value is -2.50. The first-order chi connectivity index (χ1) is 11.5. The van der Waals surface area contributed by atoms with E-state index in [0.717, 1.165) is 12.8 Å². The maximum Gasteiger partial charge on any atom is 0.407 e. The molecule has 0 unspecified atom stereocenters. The molecule has 6 heteroatoms. The third kappa shape index (κ3) is 4.07. The number of nitrogens with zero attached hydrogens (tertiary/aromatic N) is 1. The first kappa shape index (κ1) is 17.8. The van der Waals surface area contributed by atoms with Gasteiger partial charge in [-0.2, -0.15) is 0 Å². The number of amides is 1. The number of carboxylic acid groups (broad SMARTS) is 1. The smallest absolute Gasteiger partial charge is 0.407 e. The van der Waals surface area contributed by atoms with Gasteiger partial charge in [-0.05, 0) is 49.0 Å². The summed E-state index contributed by atoms with van der Waals surface area (Å²) in [5.41, 5.74) is 1.05. The molecule has 24 heavy (non-hydrogen) atoms. The Bertz CT molecular complexity index is 632. The number of piperidine rings is 1. The van der Waals surface area contributed by atoms with E-state index in [4.69, 9.17) is 14.6 Å². The number of hydrogen-bond donors (Lipinski definition) is 1. The molecule has 0 radical (unpaired) electrons. The predicted molar refractivity (Wildman–Crippen MR) is 90.0 cm³/mol. The summed E-state index contributed by atoms with van der Waals surface area (Å²) in [7, 11) is 3.07. The van der Waals surface area contributed by atoms with Crippen molar-refractivity contribution in [1.82, 2.24) is 4.90 Å². The van der Waals surface area contributed by atoms with Crippen LogP contribution in [0.15, 0.2) is 30.4 Å². The number of ether oxygens (including phenoxy) is 2. The van der Waals surface area contributed by atoms with Crippen LogP contribution >= 0.6 is 0 Å². The Kier molecular flexibility index (Phi) is 5.84. The lowest BCUT2D eigenvalue weighted by molar-refractivity contribution is 0.101. The average Bonchev–Trinajstić information content (AvgIpc) is 2.60. The molecule has 0 bridgehead atoms. The van der Waals surface area contributed by atoms with Crippen molar-refractivity contribution in [3.8, 4) is 11.5 Å². The molecule has 2 rings (SSSR count). The fourth-order valence-electron chi connectivity index (χ4n) is 2.95. The van der Waals surface area contributed by atoms with Gasteiger partial charge in [-0.25, -0.2) is 4.79 Å². The van der Waals surface area contributed by atoms with Crippen LogP contribution in [0.1, 0.15) is 29.6 Å². The molecule has 1 heterocycles. The molecule has 1 aliphatic rings. The molecule has 1 N–H and O–H groups in total. The average molecular weight is 333 g/mol. The highest BCUT2D eigenvalue weighted by atomic mass is 16.5. The molecular formula is C18H23NO5. The van der Waals surface area contributed by atoms with Crippen molar-refractivity contribution in [3.05, 3.63) is 35.9 Å². The zero-order valence-electron chi connectivity index (χ0n) is 14.1. The van der Waals surface area contributed by atoms with Crippen molar-refractivity contribution < 1.29 is 24.2 Å². The molecule has 1 saturated heterocycles. The summed E-state index contributed by atoms with van der Waals surface area (Å²) in [6.45, 7) is 4.95. The number of hydrogen-bond acceptors (Lipinski definition) is 4. The number of likely N-dealkylation sites (tertiary alicyclic amines) is 1. The number of allylic oxidation sites excluding steroid dienone is 1. The molecule has 1 amide bonds. The van der Waals surface area contributed by atoms with E-state index in [-0.39, 0.29) is 11.7 Å². The van der Waals surface area contributed by atoms with Crippen molar-refractivity contribution in [1.29, 1.82) is 0 Å². The summed E-state index contributed by atoms with van der Waals surface area (Å²) in [5.74, 6) is 1.25. The van der Waals surface area contributed by atoms with E-state index in [1.807, 2.05) is 0 Å². The highest BCUT2D eigenvalue weighted by molar-refractivity contribution is 6.08. The molecule has 0 aliphatic carbocycles. The Morgan fingerprint density at radius 1 is 1.21 bits per heavy atom. The third-order valence-corrected chi connectivity index (χ3v) is 4.39. The van der Waals surface area contributed by atoms with Crippen LogP contribution in [0.5, 0.6) is 11.5 Å². The van der Waals surface area contributed by atoms with E-state index < -0.39 is 6.09 Å². The van der Waals surface area contributed by atoms with Gasteiger partial charge >= 0.3 is 6.09 Å². The van der Waals surface area contributed by atoms with Crippen LogP contribution in [0.4, 0.5) is 4.79 Å². The first-order valence-corrected chi connectivity index (χ1v) is 7.88. The van der Waals surface area contributed by atoms with Crippen LogP contribution in [0.25, 0.3) is 0 Å². The van der Waals surface area contributed by atoms with Crippen LogP contribution < -0.4 is 9.47 Å². The van der Waals surface area contributed by atoms with Crippen molar-refractivity contribution >= 4 is 11.9 Å². The van der Waals surface area contributed by atoms with Crippen LogP contribution in [-0.4, -0.2) is 49.2 Å². The molecule has 1 aliphatic heterocycles. The van der Waals surface area contributed by atoms with Crippen molar-refractivity contribution in [2.24, 2.45) is 5.92 Å².